The molecule has 0 unspecified atom stereocenters. The Bertz CT molecular complexity index is 2040. The van der Waals surface area contributed by atoms with Gasteiger partial charge in [0.2, 0.25) is 0 Å². The molecule has 41 heavy (non-hydrogen) atoms. The van der Waals surface area contributed by atoms with Crippen LogP contribution in [0.15, 0.2) is 79.3 Å². The van der Waals surface area contributed by atoms with Crippen molar-refractivity contribution in [3.8, 4) is 45.8 Å². The van der Waals surface area contributed by atoms with Crippen molar-refractivity contribution in [2.45, 2.75) is 0 Å². The molecule has 1 radical (unpaired) electrons. The van der Waals surface area contributed by atoms with Crippen molar-refractivity contribution in [2.75, 3.05) is 0 Å². The van der Waals surface area contributed by atoms with Gasteiger partial charge in [0.1, 0.15) is 23.0 Å². The Kier molecular flexibility index (Phi) is 5.02. The summed E-state index contributed by atoms with van der Waals surface area (Å²) in [6, 6.07) is 19.1. The first-order valence-electron chi connectivity index (χ1n) is 12.5. The van der Waals surface area contributed by atoms with Crippen LogP contribution in [0.25, 0.3) is 90.1 Å². The molecule has 0 aliphatic carbocycles. The molecule has 12 heteroatoms. The van der Waals surface area contributed by atoms with Gasteiger partial charge >= 0.3 is 17.1 Å². The van der Waals surface area contributed by atoms with Gasteiger partial charge in [0.05, 0.1) is 17.2 Å². The second kappa shape index (κ2) is 8.78. The van der Waals surface area contributed by atoms with E-state index in [1.165, 1.54) is 0 Å². The fourth-order valence-electron chi connectivity index (χ4n) is 5.09. The summed E-state index contributed by atoms with van der Waals surface area (Å²) in [5.41, 5.74) is 5.14. The average molecular weight is 579 g/mol. The zero-order chi connectivity index (χ0) is 26.2. The van der Waals surface area contributed by atoms with E-state index in [0.29, 0.717) is 62.8 Å². The summed E-state index contributed by atoms with van der Waals surface area (Å²) < 4.78 is 0. The van der Waals surface area contributed by atoms with Gasteiger partial charge in [-0.05, 0) is 41.1 Å². The van der Waals surface area contributed by atoms with E-state index >= 15 is 0 Å². The topological polar surface area (TPSA) is 144 Å². The van der Waals surface area contributed by atoms with Gasteiger partial charge in [-0.1, -0.05) is 30.3 Å². The Balaban J connectivity index is 0.00000256. The fourth-order valence-corrected chi connectivity index (χ4v) is 5.09. The number of aromatic nitrogens is 11. The van der Waals surface area contributed by atoms with Crippen LogP contribution in [0, 0.1) is 0 Å². The molecule has 2 aliphatic heterocycles. The number of rotatable bonds is 0. The summed E-state index contributed by atoms with van der Waals surface area (Å²) in [4.78, 5) is 52.2. The van der Waals surface area contributed by atoms with E-state index in [-0.39, 0.29) is 17.1 Å². The molecule has 7 aromatic rings. The number of fused-ring (bicyclic) bond motifs is 20. The van der Waals surface area contributed by atoms with Gasteiger partial charge in [0.15, 0.2) is 0 Å². The zero-order valence-electron chi connectivity index (χ0n) is 20.7. The molecule has 0 saturated heterocycles. The number of pyridine rings is 3. The van der Waals surface area contributed by atoms with Crippen LogP contribution in [-0.4, -0.2) is 44.9 Å². The SMILES string of the molecule is [Cu+2].c1cnc2c(c1)-c1nc-2nc2[n-]c(nc3nc(nc4[n-]c(n1)c1cccnc41)-c1cccnc1-3)c1ccccc21. The predicted octanol–water partition coefficient (Wildman–Crippen LogP) is 4.31. The molecule has 0 atom stereocenters. The van der Waals surface area contributed by atoms with Gasteiger partial charge in [-0.25, -0.2) is 9.97 Å². The van der Waals surface area contributed by atoms with E-state index in [2.05, 4.69) is 15.0 Å². The Morgan fingerprint density at radius 3 is 1.51 bits per heavy atom. The van der Waals surface area contributed by atoms with E-state index in [0.717, 1.165) is 27.3 Å². The fraction of sp³-hybridized carbons (Fsp3) is 0. The normalized spacial score (nSPS) is 11.7. The molecule has 8 heterocycles. The first kappa shape index (κ1) is 23.4. The third-order valence-corrected chi connectivity index (χ3v) is 6.88. The second-order valence-electron chi connectivity index (χ2n) is 9.23. The van der Waals surface area contributed by atoms with Crippen molar-refractivity contribution in [3.63, 3.8) is 0 Å². The minimum Gasteiger partial charge on any atom is -0.357 e. The van der Waals surface area contributed by atoms with Gasteiger partial charge < -0.3 is 29.9 Å². The largest absolute Gasteiger partial charge is 2.00 e. The van der Waals surface area contributed by atoms with E-state index in [4.69, 9.17) is 39.9 Å². The smallest absolute Gasteiger partial charge is 0.357 e. The molecule has 0 fully saturated rings. The molecule has 0 spiro atoms. The number of hydrogen-bond donors (Lipinski definition) is 0. The average Bonchev–Trinajstić information content (AvgIpc) is 3.73. The van der Waals surface area contributed by atoms with E-state index in [1.54, 1.807) is 18.6 Å². The molecule has 1 aromatic carbocycles. The molecular weight excluding hydrogens is 566 g/mol. The maximum atomic E-state index is 4.86. The maximum Gasteiger partial charge on any atom is 2.00 e. The zero-order valence-corrected chi connectivity index (χ0v) is 21.7. The molecule has 0 saturated carbocycles. The van der Waals surface area contributed by atoms with Gasteiger partial charge in [-0.3, -0.25) is 15.0 Å². The predicted molar refractivity (Wildman–Crippen MR) is 147 cm³/mol. The molecular formula is C29H13CuN11. The minimum atomic E-state index is 0. The van der Waals surface area contributed by atoms with Crippen molar-refractivity contribution in [1.29, 1.82) is 0 Å². The van der Waals surface area contributed by atoms with Gasteiger partial charge in [0, 0.05) is 57.7 Å². The molecule has 6 aromatic heterocycles. The third kappa shape index (κ3) is 3.48. The van der Waals surface area contributed by atoms with Crippen LogP contribution in [0.3, 0.4) is 0 Å². The van der Waals surface area contributed by atoms with Crippen LogP contribution in [0.5, 0.6) is 0 Å². The summed E-state index contributed by atoms with van der Waals surface area (Å²) in [7, 11) is 0. The summed E-state index contributed by atoms with van der Waals surface area (Å²) in [6.07, 6.45) is 5.12. The summed E-state index contributed by atoms with van der Waals surface area (Å²) in [6.45, 7) is 0. The van der Waals surface area contributed by atoms with Crippen molar-refractivity contribution in [1.82, 2.24) is 54.8 Å². The number of benzene rings is 1. The summed E-state index contributed by atoms with van der Waals surface area (Å²) >= 11 is 0. The van der Waals surface area contributed by atoms with Crippen LogP contribution in [0.2, 0.25) is 0 Å². The monoisotopic (exact) mass is 578 g/mol. The van der Waals surface area contributed by atoms with E-state index in [1.807, 2.05) is 60.7 Å². The van der Waals surface area contributed by atoms with Gasteiger partial charge in [0.25, 0.3) is 0 Å². The van der Waals surface area contributed by atoms with Crippen LogP contribution in [-0.2, 0) is 17.1 Å². The number of hydrogen-bond acceptors (Lipinski definition) is 9. The Morgan fingerprint density at radius 2 is 0.878 bits per heavy atom. The Labute approximate surface area is 240 Å². The van der Waals surface area contributed by atoms with Crippen molar-refractivity contribution in [3.05, 3.63) is 79.3 Å². The van der Waals surface area contributed by atoms with Crippen LogP contribution < -0.4 is 9.97 Å². The first-order chi connectivity index (χ1) is 19.8. The maximum absolute atomic E-state index is 4.86. The molecule has 0 N–H and O–H groups in total. The van der Waals surface area contributed by atoms with Crippen LogP contribution in [0.1, 0.15) is 0 Å². The quantitative estimate of drug-likeness (QED) is 0.237. The molecule has 11 nitrogen and oxygen atoms in total. The standard InChI is InChI=1S/C29H13N11.Cu/c1-2-7-15-14(6-1)22-33-23(15)36-28-21-18(10-5-13-32-21)26(39-28)40-29-20-17(9-4-12-31-20)25(38-29)34-24-16-8-3-11-30-19(16)27(35-22)37-24;/h1-13H;/q-2;+2. The van der Waals surface area contributed by atoms with Crippen LogP contribution in [0.4, 0.5) is 0 Å². The Hall–Kier alpha value is -5.45. The van der Waals surface area contributed by atoms with Gasteiger partial charge in [-0.2, -0.15) is 0 Å². The second-order valence-corrected chi connectivity index (χ2v) is 9.23. The van der Waals surface area contributed by atoms with E-state index < -0.39 is 0 Å². The summed E-state index contributed by atoms with van der Waals surface area (Å²) in [5.74, 6) is 1.71. The summed E-state index contributed by atoms with van der Waals surface area (Å²) in [5, 5.41) is 2.42. The van der Waals surface area contributed by atoms with Crippen molar-refractivity contribution in [2.24, 2.45) is 0 Å². The molecule has 195 valence electrons. The first-order valence-corrected chi connectivity index (χ1v) is 12.5. The molecule has 9 rings (SSSR count). The molecule has 8 bridgehead atoms. The van der Waals surface area contributed by atoms with Gasteiger partial charge in [-0.15, -0.1) is 0 Å². The van der Waals surface area contributed by atoms with Crippen molar-refractivity contribution >= 4 is 44.3 Å². The molecule has 0 amide bonds. The van der Waals surface area contributed by atoms with Crippen molar-refractivity contribution < 1.29 is 17.1 Å². The third-order valence-electron chi connectivity index (χ3n) is 6.88. The Morgan fingerprint density at radius 1 is 0.415 bits per heavy atom. The van der Waals surface area contributed by atoms with E-state index in [9.17, 15) is 0 Å². The molecule has 2 aliphatic rings. The minimum absolute atomic E-state index is 0. The van der Waals surface area contributed by atoms with Crippen LogP contribution >= 0.6 is 0 Å². The number of nitrogens with zero attached hydrogens (tertiary/aromatic N) is 11.